The van der Waals surface area contributed by atoms with Gasteiger partial charge in [-0.3, -0.25) is 9.69 Å². The lowest BCUT2D eigenvalue weighted by atomic mass is 9.83. The van der Waals surface area contributed by atoms with Gasteiger partial charge in [0.15, 0.2) is 0 Å². The molecule has 24 heavy (non-hydrogen) atoms. The summed E-state index contributed by atoms with van der Waals surface area (Å²) < 4.78 is 0. The van der Waals surface area contributed by atoms with Crippen molar-refractivity contribution < 1.29 is 4.79 Å². The third kappa shape index (κ3) is 2.89. The smallest absolute Gasteiger partial charge is 0.235 e. The molecule has 3 rings (SSSR count). The Morgan fingerprint density at radius 2 is 1.71 bits per heavy atom. The van der Waals surface area contributed by atoms with Gasteiger partial charge in [-0.25, -0.2) is 0 Å². The van der Waals surface area contributed by atoms with E-state index in [0.29, 0.717) is 6.42 Å². The largest absolute Gasteiger partial charge is 0.280 e. The molecule has 1 heterocycles. The maximum absolute atomic E-state index is 13.2. The first-order valence-corrected chi connectivity index (χ1v) is 8.55. The van der Waals surface area contributed by atoms with Crippen LogP contribution in [0.1, 0.15) is 38.3 Å². The lowest BCUT2D eigenvalue weighted by molar-refractivity contribution is -0.121. The third-order valence-electron chi connectivity index (χ3n) is 4.67. The van der Waals surface area contributed by atoms with Gasteiger partial charge in [0.25, 0.3) is 0 Å². The Morgan fingerprint density at radius 1 is 1.08 bits per heavy atom. The molecule has 0 saturated carbocycles. The zero-order chi connectivity index (χ0) is 17.3. The second-order valence-corrected chi connectivity index (χ2v) is 7.49. The van der Waals surface area contributed by atoms with E-state index in [1.807, 2.05) is 35.2 Å². The molecule has 2 aromatic rings. The van der Waals surface area contributed by atoms with Crippen molar-refractivity contribution >= 4 is 17.3 Å². The van der Waals surface area contributed by atoms with Crippen LogP contribution in [0, 0.1) is 5.92 Å². The van der Waals surface area contributed by atoms with Crippen LogP contribution >= 0.6 is 0 Å². The van der Waals surface area contributed by atoms with Crippen LogP contribution in [-0.4, -0.2) is 5.91 Å². The number of nitrogens with zero attached hydrogens (tertiary/aromatic N) is 1. The number of rotatable bonds is 3. The van der Waals surface area contributed by atoms with Crippen molar-refractivity contribution in [3.8, 4) is 0 Å². The van der Waals surface area contributed by atoms with E-state index in [0.717, 1.165) is 17.8 Å². The average Bonchev–Trinajstić information content (AvgIpc) is 2.55. The van der Waals surface area contributed by atoms with Gasteiger partial charge in [0, 0.05) is 5.92 Å². The van der Waals surface area contributed by atoms with Crippen molar-refractivity contribution in [3.63, 3.8) is 0 Å². The van der Waals surface area contributed by atoms with E-state index < -0.39 is 0 Å². The maximum atomic E-state index is 13.2. The molecule has 0 spiro atoms. The zero-order valence-corrected chi connectivity index (χ0v) is 14.8. The van der Waals surface area contributed by atoms with Gasteiger partial charge >= 0.3 is 0 Å². The second-order valence-electron chi connectivity index (χ2n) is 7.49. The van der Waals surface area contributed by atoms with Crippen LogP contribution in [0.2, 0.25) is 0 Å². The fraction of sp³-hybridized carbons (Fsp3) is 0.318. The van der Waals surface area contributed by atoms with E-state index in [2.05, 4.69) is 51.6 Å². The predicted molar refractivity (Wildman–Crippen MR) is 101 cm³/mol. The van der Waals surface area contributed by atoms with E-state index >= 15 is 0 Å². The lowest BCUT2D eigenvalue weighted by Gasteiger charge is -2.37. The SMILES string of the molecule is C=CC[C@H]1Cc2ccccc2N(c2ccccc2C(C)(C)C)C1=O. The Kier molecular flexibility index (Phi) is 4.31. The summed E-state index contributed by atoms with van der Waals surface area (Å²) in [5, 5.41) is 0. The fourth-order valence-corrected chi connectivity index (χ4v) is 3.49. The van der Waals surface area contributed by atoms with Gasteiger partial charge in [-0.2, -0.15) is 0 Å². The lowest BCUT2D eigenvalue weighted by Crippen LogP contribution is -2.39. The number of fused-ring (bicyclic) bond motifs is 1. The molecule has 124 valence electrons. The van der Waals surface area contributed by atoms with Crippen LogP contribution < -0.4 is 4.90 Å². The highest BCUT2D eigenvalue weighted by Gasteiger charge is 2.35. The topological polar surface area (TPSA) is 20.3 Å². The molecule has 1 atom stereocenters. The monoisotopic (exact) mass is 319 g/mol. The summed E-state index contributed by atoms with van der Waals surface area (Å²) in [5.41, 5.74) is 4.40. The van der Waals surface area contributed by atoms with Crippen molar-refractivity contribution in [2.75, 3.05) is 4.90 Å². The number of anilines is 2. The molecule has 2 aromatic carbocycles. The van der Waals surface area contributed by atoms with Crippen LogP contribution in [0.4, 0.5) is 11.4 Å². The first kappa shape index (κ1) is 16.5. The molecule has 1 aliphatic heterocycles. The highest BCUT2D eigenvalue weighted by molar-refractivity contribution is 6.05. The molecule has 0 saturated heterocycles. The number of carbonyl (C=O) groups is 1. The van der Waals surface area contributed by atoms with E-state index in [4.69, 9.17) is 0 Å². The van der Waals surface area contributed by atoms with Gasteiger partial charge in [0.05, 0.1) is 11.4 Å². The Hall–Kier alpha value is -2.35. The molecule has 0 radical (unpaired) electrons. The van der Waals surface area contributed by atoms with Crippen molar-refractivity contribution in [1.82, 2.24) is 0 Å². The minimum atomic E-state index is -0.0366. The molecule has 1 amide bonds. The quantitative estimate of drug-likeness (QED) is 0.694. The number of allylic oxidation sites excluding steroid dienone is 1. The third-order valence-corrected chi connectivity index (χ3v) is 4.67. The van der Waals surface area contributed by atoms with Crippen molar-refractivity contribution in [2.24, 2.45) is 5.92 Å². The number of amides is 1. The molecule has 1 aliphatic rings. The zero-order valence-electron chi connectivity index (χ0n) is 14.8. The van der Waals surface area contributed by atoms with E-state index in [9.17, 15) is 4.79 Å². The Morgan fingerprint density at radius 3 is 2.38 bits per heavy atom. The number of benzene rings is 2. The Bertz CT molecular complexity index is 770. The number of para-hydroxylation sites is 2. The summed E-state index contributed by atoms with van der Waals surface area (Å²) in [5.74, 6) is 0.135. The van der Waals surface area contributed by atoms with Gasteiger partial charge in [-0.15, -0.1) is 6.58 Å². The van der Waals surface area contributed by atoms with Gasteiger partial charge in [0.1, 0.15) is 0 Å². The maximum Gasteiger partial charge on any atom is 0.235 e. The summed E-state index contributed by atoms with van der Waals surface area (Å²) in [6.07, 6.45) is 3.35. The van der Waals surface area contributed by atoms with Gasteiger partial charge in [-0.1, -0.05) is 63.2 Å². The summed E-state index contributed by atoms with van der Waals surface area (Å²) in [7, 11) is 0. The van der Waals surface area contributed by atoms with Gasteiger partial charge in [-0.05, 0) is 41.5 Å². The Labute approximate surface area is 144 Å². The van der Waals surface area contributed by atoms with Crippen LogP contribution in [0.25, 0.3) is 0 Å². The standard InChI is InChI=1S/C22H25NO/c1-5-10-17-15-16-11-6-8-13-19(16)23(21(17)24)20-14-9-7-12-18(20)22(2,3)4/h5-9,11-14,17H,1,10,15H2,2-4H3/t17-/m0/s1. The average molecular weight is 319 g/mol. The van der Waals surface area contributed by atoms with Crippen LogP contribution in [0.5, 0.6) is 0 Å². The number of hydrogen-bond donors (Lipinski definition) is 0. The Balaban J connectivity index is 2.19. The van der Waals surface area contributed by atoms with Crippen molar-refractivity contribution in [2.45, 2.75) is 39.0 Å². The molecular formula is C22H25NO. The number of hydrogen-bond acceptors (Lipinski definition) is 1. The van der Waals surface area contributed by atoms with Crippen LogP contribution in [0.15, 0.2) is 61.2 Å². The van der Waals surface area contributed by atoms with Gasteiger partial charge in [0.2, 0.25) is 5.91 Å². The molecule has 2 nitrogen and oxygen atoms in total. The first-order valence-electron chi connectivity index (χ1n) is 8.55. The van der Waals surface area contributed by atoms with Crippen LogP contribution in [0.3, 0.4) is 0 Å². The molecular weight excluding hydrogens is 294 g/mol. The van der Waals surface area contributed by atoms with E-state index in [1.165, 1.54) is 11.1 Å². The molecule has 0 N–H and O–H groups in total. The molecule has 0 aromatic heterocycles. The summed E-state index contributed by atoms with van der Waals surface area (Å²) >= 11 is 0. The molecule has 0 unspecified atom stereocenters. The van der Waals surface area contributed by atoms with Gasteiger partial charge < -0.3 is 0 Å². The summed E-state index contributed by atoms with van der Waals surface area (Å²) in [6.45, 7) is 10.4. The van der Waals surface area contributed by atoms with Crippen LogP contribution in [-0.2, 0) is 16.6 Å². The highest BCUT2D eigenvalue weighted by Crippen LogP contribution is 2.41. The molecule has 0 fully saturated rings. The highest BCUT2D eigenvalue weighted by atomic mass is 16.2. The van der Waals surface area contributed by atoms with E-state index in [-0.39, 0.29) is 17.2 Å². The minimum absolute atomic E-state index is 0.0306. The second kappa shape index (κ2) is 6.27. The van der Waals surface area contributed by atoms with Crippen molar-refractivity contribution in [3.05, 3.63) is 72.3 Å². The summed E-state index contributed by atoms with van der Waals surface area (Å²) in [4.78, 5) is 15.2. The predicted octanol–water partition coefficient (Wildman–Crippen LogP) is 5.40. The summed E-state index contributed by atoms with van der Waals surface area (Å²) in [6, 6.07) is 16.5. The fourth-order valence-electron chi connectivity index (χ4n) is 3.49. The normalized spacial score (nSPS) is 17.5. The van der Waals surface area contributed by atoms with E-state index in [1.54, 1.807) is 0 Å². The molecule has 0 aliphatic carbocycles. The number of carbonyl (C=O) groups excluding carboxylic acids is 1. The first-order chi connectivity index (χ1) is 11.4. The molecule has 0 bridgehead atoms. The molecule has 2 heteroatoms. The minimum Gasteiger partial charge on any atom is -0.280 e. The van der Waals surface area contributed by atoms with Crippen molar-refractivity contribution in [1.29, 1.82) is 0 Å².